The Bertz CT molecular complexity index is 956. The van der Waals surface area contributed by atoms with Gasteiger partial charge >= 0.3 is 0 Å². The molecule has 2 aromatic heterocycles. The Hall–Kier alpha value is -2.71. The van der Waals surface area contributed by atoms with Gasteiger partial charge in [0.2, 0.25) is 11.0 Å². The van der Waals surface area contributed by atoms with Crippen LogP contribution in [-0.2, 0) is 11.2 Å². The van der Waals surface area contributed by atoms with Crippen LogP contribution in [0.15, 0.2) is 48.7 Å². The maximum atomic E-state index is 13.9. The van der Waals surface area contributed by atoms with E-state index >= 15 is 0 Å². The molecule has 4 rings (SSSR count). The minimum atomic E-state index is -0.348. The fourth-order valence-corrected chi connectivity index (χ4v) is 4.24. The number of likely N-dealkylation sites (tertiary alicyclic amines) is 1. The predicted molar refractivity (Wildman–Crippen MR) is 111 cm³/mol. The lowest BCUT2D eigenvalue weighted by molar-refractivity contribution is -0.121. The van der Waals surface area contributed by atoms with Gasteiger partial charge in [-0.1, -0.05) is 29.5 Å². The molecule has 1 aliphatic heterocycles. The number of carbonyl (C=O) groups is 1. The lowest BCUT2D eigenvalue weighted by Crippen LogP contribution is -2.39. The topological polar surface area (TPSA) is 71.0 Å². The van der Waals surface area contributed by atoms with Crippen molar-refractivity contribution in [2.45, 2.75) is 19.3 Å². The molecule has 8 heteroatoms. The van der Waals surface area contributed by atoms with Crippen molar-refractivity contribution in [1.82, 2.24) is 20.1 Å². The summed E-state index contributed by atoms with van der Waals surface area (Å²) in [6.07, 6.45) is 4.36. The molecule has 1 amide bonds. The zero-order chi connectivity index (χ0) is 20.1. The van der Waals surface area contributed by atoms with E-state index in [4.69, 9.17) is 0 Å². The van der Waals surface area contributed by atoms with Gasteiger partial charge in [-0.05, 0) is 50.2 Å². The van der Waals surface area contributed by atoms with Crippen LogP contribution >= 0.6 is 11.3 Å². The highest BCUT2D eigenvalue weighted by Gasteiger charge is 2.25. The van der Waals surface area contributed by atoms with E-state index in [1.54, 1.807) is 18.2 Å². The molecule has 1 saturated heterocycles. The summed E-state index contributed by atoms with van der Waals surface area (Å²) >= 11 is 1.19. The summed E-state index contributed by atoms with van der Waals surface area (Å²) in [6, 6.07) is 12.4. The molecule has 1 aliphatic rings. The first kappa shape index (κ1) is 19.6. The first-order chi connectivity index (χ1) is 14.2. The van der Waals surface area contributed by atoms with E-state index in [9.17, 15) is 9.18 Å². The molecule has 0 spiro atoms. The van der Waals surface area contributed by atoms with Crippen molar-refractivity contribution in [3.05, 3.63) is 60.2 Å². The molecule has 1 fully saturated rings. The summed E-state index contributed by atoms with van der Waals surface area (Å²) in [6.45, 7) is 2.73. The van der Waals surface area contributed by atoms with Crippen LogP contribution in [0.1, 0.15) is 18.5 Å². The number of benzene rings is 1. The Labute approximate surface area is 172 Å². The molecule has 29 heavy (non-hydrogen) atoms. The molecule has 0 atom stereocenters. The molecule has 0 bridgehead atoms. The molecule has 1 N–H and O–H groups in total. The van der Waals surface area contributed by atoms with Crippen LogP contribution < -0.4 is 5.32 Å². The Morgan fingerprint density at radius 3 is 2.69 bits per heavy atom. The molecular weight excluding hydrogens is 389 g/mol. The fourth-order valence-electron chi connectivity index (χ4n) is 3.46. The number of amides is 1. The summed E-state index contributed by atoms with van der Waals surface area (Å²) in [5.74, 6) is -0.424. The Morgan fingerprint density at radius 2 is 1.93 bits per heavy atom. The van der Waals surface area contributed by atoms with Gasteiger partial charge in [0.1, 0.15) is 5.82 Å². The van der Waals surface area contributed by atoms with Gasteiger partial charge in [-0.2, -0.15) is 0 Å². The zero-order valence-electron chi connectivity index (χ0n) is 15.9. The van der Waals surface area contributed by atoms with Crippen LogP contribution in [0, 0.1) is 11.7 Å². The lowest BCUT2D eigenvalue weighted by Gasteiger charge is -2.30. The first-order valence-corrected chi connectivity index (χ1v) is 10.5. The van der Waals surface area contributed by atoms with Crippen LogP contribution in [0.25, 0.3) is 10.6 Å². The van der Waals surface area contributed by atoms with Gasteiger partial charge in [0.15, 0.2) is 5.01 Å². The number of pyridine rings is 1. The fraction of sp³-hybridized carbons (Fsp3) is 0.333. The molecule has 6 nitrogen and oxygen atoms in total. The van der Waals surface area contributed by atoms with Crippen LogP contribution in [0.2, 0.25) is 0 Å². The largest absolute Gasteiger partial charge is 0.303 e. The van der Waals surface area contributed by atoms with E-state index in [2.05, 4.69) is 25.4 Å². The Balaban J connectivity index is 1.27. The normalized spacial score (nSPS) is 15.3. The smallest absolute Gasteiger partial charge is 0.229 e. The van der Waals surface area contributed by atoms with Crippen LogP contribution in [0.5, 0.6) is 0 Å². The summed E-state index contributed by atoms with van der Waals surface area (Å²) < 4.78 is 13.9. The number of nitrogens with one attached hydrogen (secondary N) is 1. The van der Waals surface area contributed by atoms with Gasteiger partial charge in [0.25, 0.3) is 0 Å². The second-order valence-corrected chi connectivity index (χ2v) is 8.05. The van der Waals surface area contributed by atoms with Crippen molar-refractivity contribution < 1.29 is 9.18 Å². The SMILES string of the molecule is O=C(Nc1nnc(-c2ccccc2F)s1)C1CCN(CCc2ccccn2)CC1. The van der Waals surface area contributed by atoms with Gasteiger partial charge in [-0.15, -0.1) is 10.2 Å². The number of carbonyl (C=O) groups excluding carboxylic acids is 1. The van der Waals surface area contributed by atoms with Crippen molar-refractivity contribution in [2.75, 3.05) is 25.0 Å². The van der Waals surface area contributed by atoms with Crippen molar-refractivity contribution >= 4 is 22.4 Å². The lowest BCUT2D eigenvalue weighted by atomic mass is 9.96. The molecular formula is C21H22FN5OS. The van der Waals surface area contributed by atoms with E-state index in [0.717, 1.165) is 44.6 Å². The van der Waals surface area contributed by atoms with E-state index in [0.29, 0.717) is 15.7 Å². The Kier molecular flexibility index (Phi) is 6.21. The van der Waals surface area contributed by atoms with Crippen LogP contribution in [-0.4, -0.2) is 45.6 Å². The predicted octanol–water partition coefficient (Wildman–Crippen LogP) is 3.63. The maximum Gasteiger partial charge on any atom is 0.229 e. The number of piperidine rings is 1. The summed E-state index contributed by atoms with van der Waals surface area (Å²) in [7, 11) is 0. The third-order valence-electron chi connectivity index (χ3n) is 5.13. The monoisotopic (exact) mass is 411 g/mol. The van der Waals surface area contributed by atoms with E-state index < -0.39 is 0 Å². The molecule has 150 valence electrons. The maximum absolute atomic E-state index is 13.9. The number of aromatic nitrogens is 3. The van der Waals surface area contributed by atoms with Crippen molar-refractivity contribution in [3.63, 3.8) is 0 Å². The third-order valence-corrected chi connectivity index (χ3v) is 6.00. The molecule has 3 heterocycles. The quantitative estimate of drug-likeness (QED) is 0.671. The highest BCUT2D eigenvalue weighted by Crippen LogP contribution is 2.29. The Morgan fingerprint density at radius 1 is 1.14 bits per heavy atom. The average Bonchev–Trinajstić information content (AvgIpc) is 3.22. The first-order valence-electron chi connectivity index (χ1n) is 9.70. The number of rotatable bonds is 6. The summed E-state index contributed by atoms with van der Waals surface area (Å²) in [4.78, 5) is 19.3. The standard InChI is InChI=1S/C21H22FN5OS/c22-18-7-2-1-6-17(18)20-25-26-21(29-20)24-19(28)15-8-12-27(13-9-15)14-10-16-5-3-4-11-23-16/h1-7,11,15H,8-10,12-14H2,(H,24,26,28). The van der Waals surface area contributed by atoms with E-state index in [1.165, 1.54) is 17.4 Å². The van der Waals surface area contributed by atoms with E-state index in [-0.39, 0.29) is 17.6 Å². The van der Waals surface area contributed by atoms with Crippen molar-refractivity contribution in [3.8, 4) is 10.6 Å². The molecule has 0 unspecified atom stereocenters. The highest BCUT2D eigenvalue weighted by atomic mass is 32.1. The second-order valence-electron chi connectivity index (χ2n) is 7.07. The highest BCUT2D eigenvalue weighted by molar-refractivity contribution is 7.18. The number of nitrogens with zero attached hydrogens (tertiary/aromatic N) is 4. The van der Waals surface area contributed by atoms with Gasteiger partial charge in [-0.3, -0.25) is 9.78 Å². The molecule has 3 aromatic rings. The van der Waals surface area contributed by atoms with Crippen molar-refractivity contribution in [2.24, 2.45) is 5.92 Å². The van der Waals surface area contributed by atoms with Gasteiger partial charge in [0, 0.05) is 36.3 Å². The van der Waals surface area contributed by atoms with Gasteiger partial charge in [0.05, 0.1) is 0 Å². The minimum Gasteiger partial charge on any atom is -0.303 e. The van der Waals surface area contributed by atoms with Gasteiger partial charge < -0.3 is 10.2 Å². The summed E-state index contributed by atoms with van der Waals surface area (Å²) in [5.41, 5.74) is 1.49. The molecule has 0 radical (unpaired) electrons. The number of anilines is 1. The number of hydrogen-bond donors (Lipinski definition) is 1. The van der Waals surface area contributed by atoms with Crippen LogP contribution in [0.4, 0.5) is 9.52 Å². The van der Waals surface area contributed by atoms with E-state index in [1.807, 2.05) is 24.4 Å². The molecule has 1 aromatic carbocycles. The van der Waals surface area contributed by atoms with Crippen molar-refractivity contribution in [1.29, 1.82) is 0 Å². The number of hydrogen-bond acceptors (Lipinski definition) is 6. The minimum absolute atomic E-state index is 0.0365. The third kappa shape index (κ3) is 5.02. The molecule has 0 aliphatic carbocycles. The average molecular weight is 412 g/mol. The molecule has 0 saturated carbocycles. The van der Waals surface area contributed by atoms with Gasteiger partial charge in [-0.25, -0.2) is 4.39 Å². The zero-order valence-corrected chi connectivity index (χ0v) is 16.7. The van der Waals surface area contributed by atoms with Crippen LogP contribution in [0.3, 0.4) is 0 Å². The number of halogens is 1. The second kappa shape index (κ2) is 9.19. The summed E-state index contributed by atoms with van der Waals surface area (Å²) in [5, 5.41) is 11.7.